The summed E-state index contributed by atoms with van der Waals surface area (Å²) in [5.41, 5.74) is 0. The van der Waals surface area contributed by atoms with Gasteiger partial charge in [0.25, 0.3) is 0 Å². The first kappa shape index (κ1) is 5.30. The maximum Gasteiger partial charge on any atom is 0.0975 e. The van der Waals surface area contributed by atoms with Crippen LogP contribution in [0.1, 0.15) is 6.42 Å². The number of fused-ring (bicyclic) bond motifs is 1. The number of hydrogen-bond acceptors (Lipinski definition) is 2. The molecule has 3 atom stereocenters. The van der Waals surface area contributed by atoms with Crippen molar-refractivity contribution < 1.29 is 0 Å². The smallest absolute Gasteiger partial charge is 0.0975 e. The summed E-state index contributed by atoms with van der Waals surface area (Å²) in [5, 5.41) is 0. The first-order valence-electron chi connectivity index (χ1n) is 3.41. The van der Waals surface area contributed by atoms with E-state index in [1.54, 1.807) is 0 Å². The first-order chi connectivity index (χ1) is 4.30. The summed E-state index contributed by atoms with van der Waals surface area (Å²) in [4.78, 5) is 4.66. The highest BCUT2D eigenvalue weighted by Gasteiger charge is 2.46. The predicted molar refractivity (Wildman–Crippen MR) is 36.9 cm³/mol. The van der Waals surface area contributed by atoms with Crippen molar-refractivity contribution in [3.63, 3.8) is 0 Å². The Morgan fingerprint density at radius 3 is 2.78 bits per heavy atom. The zero-order valence-electron chi connectivity index (χ0n) is 5.91. The molecule has 0 amide bonds. The second-order valence-electron chi connectivity index (χ2n) is 2.93. The van der Waals surface area contributed by atoms with Gasteiger partial charge < -0.3 is 4.90 Å². The Labute approximate surface area is 55.7 Å². The van der Waals surface area contributed by atoms with E-state index >= 15 is 0 Å². The molecule has 0 aromatic heterocycles. The van der Waals surface area contributed by atoms with Crippen LogP contribution in [0.25, 0.3) is 0 Å². The fourth-order valence-corrected chi connectivity index (χ4v) is 1.69. The molecule has 1 saturated heterocycles. The zero-order valence-corrected chi connectivity index (χ0v) is 5.91. The molecule has 0 aliphatic carbocycles. The third-order valence-corrected chi connectivity index (χ3v) is 2.33. The van der Waals surface area contributed by atoms with Gasteiger partial charge in [-0.15, -0.1) is 0 Å². The van der Waals surface area contributed by atoms with Crippen LogP contribution in [0.2, 0.25) is 0 Å². The van der Waals surface area contributed by atoms with E-state index in [4.69, 9.17) is 0 Å². The minimum Gasteiger partial charge on any atom is -0.364 e. The summed E-state index contributed by atoms with van der Waals surface area (Å²) < 4.78 is 0. The van der Waals surface area contributed by atoms with Crippen molar-refractivity contribution in [3.05, 3.63) is 12.3 Å². The fourth-order valence-electron chi connectivity index (χ4n) is 1.69. The molecule has 2 aliphatic rings. The third-order valence-electron chi connectivity index (χ3n) is 2.33. The van der Waals surface area contributed by atoms with Gasteiger partial charge in [0, 0.05) is 13.1 Å². The SMILES string of the molecule is CN1C=CCC2C1N2C. The molecule has 2 nitrogen and oxygen atoms in total. The summed E-state index contributed by atoms with van der Waals surface area (Å²) in [6.45, 7) is 0. The summed E-state index contributed by atoms with van der Waals surface area (Å²) >= 11 is 0. The topological polar surface area (TPSA) is 6.25 Å². The maximum atomic E-state index is 2.39. The first-order valence-corrected chi connectivity index (χ1v) is 3.41. The third kappa shape index (κ3) is 0.597. The maximum absolute atomic E-state index is 2.39. The standard InChI is InChI=1S/C7H12N2/c1-8-5-3-4-6-7(8)9(6)2/h3,5-7H,4H2,1-2H3. The minimum absolute atomic E-state index is 0.718. The molecular weight excluding hydrogens is 112 g/mol. The molecule has 0 aromatic rings. The summed E-state index contributed by atoms with van der Waals surface area (Å²) in [6.07, 6.45) is 6.37. The Morgan fingerprint density at radius 1 is 1.44 bits per heavy atom. The molecule has 0 spiro atoms. The van der Waals surface area contributed by atoms with Gasteiger partial charge in [0.05, 0.1) is 6.17 Å². The minimum atomic E-state index is 0.718. The van der Waals surface area contributed by atoms with Crippen molar-refractivity contribution in [3.8, 4) is 0 Å². The van der Waals surface area contributed by atoms with Gasteiger partial charge in [-0.1, -0.05) is 6.08 Å². The monoisotopic (exact) mass is 124 g/mol. The highest BCUT2D eigenvalue weighted by atomic mass is 15.5. The Hall–Kier alpha value is -0.500. The number of likely N-dealkylation sites (N-methyl/N-ethyl adjacent to an activating group) is 2. The molecule has 0 saturated carbocycles. The molecule has 50 valence electrons. The Kier molecular flexibility index (Phi) is 0.887. The van der Waals surface area contributed by atoms with E-state index < -0.39 is 0 Å². The molecule has 2 rings (SSSR count). The van der Waals surface area contributed by atoms with E-state index in [0.29, 0.717) is 0 Å². The Balaban J connectivity index is 2.13. The van der Waals surface area contributed by atoms with Crippen LogP contribution >= 0.6 is 0 Å². The molecule has 3 unspecified atom stereocenters. The van der Waals surface area contributed by atoms with Crippen molar-refractivity contribution in [1.82, 2.24) is 9.80 Å². The van der Waals surface area contributed by atoms with Crippen LogP contribution in [0.15, 0.2) is 12.3 Å². The van der Waals surface area contributed by atoms with Gasteiger partial charge in [0.2, 0.25) is 0 Å². The molecule has 0 N–H and O–H groups in total. The predicted octanol–water partition coefficient (Wildman–Crippen LogP) is 0.476. The van der Waals surface area contributed by atoms with Crippen molar-refractivity contribution in [2.75, 3.05) is 14.1 Å². The number of rotatable bonds is 0. The van der Waals surface area contributed by atoms with Crippen LogP contribution in [0.4, 0.5) is 0 Å². The van der Waals surface area contributed by atoms with E-state index in [-0.39, 0.29) is 0 Å². The van der Waals surface area contributed by atoms with Crippen molar-refractivity contribution in [2.24, 2.45) is 0 Å². The van der Waals surface area contributed by atoms with Crippen molar-refractivity contribution in [1.29, 1.82) is 0 Å². The van der Waals surface area contributed by atoms with E-state index in [9.17, 15) is 0 Å². The normalized spacial score (nSPS) is 46.9. The average molecular weight is 124 g/mol. The van der Waals surface area contributed by atoms with E-state index in [2.05, 4.69) is 36.2 Å². The van der Waals surface area contributed by atoms with Gasteiger partial charge in [-0.2, -0.15) is 0 Å². The second kappa shape index (κ2) is 1.51. The Bertz CT molecular complexity index is 153. The summed E-state index contributed by atoms with van der Waals surface area (Å²) in [6, 6.07) is 0.819. The molecule has 1 fully saturated rings. The van der Waals surface area contributed by atoms with E-state index in [0.717, 1.165) is 12.2 Å². The largest absolute Gasteiger partial charge is 0.364 e. The number of hydrogen-bond donors (Lipinski definition) is 0. The Morgan fingerprint density at radius 2 is 2.22 bits per heavy atom. The van der Waals surface area contributed by atoms with Gasteiger partial charge in [0.15, 0.2) is 0 Å². The zero-order chi connectivity index (χ0) is 6.43. The van der Waals surface area contributed by atoms with Crippen LogP contribution in [0.5, 0.6) is 0 Å². The number of nitrogens with zero attached hydrogens (tertiary/aromatic N) is 2. The fraction of sp³-hybridized carbons (Fsp3) is 0.714. The van der Waals surface area contributed by atoms with Crippen LogP contribution in [0, 0.1) is 0 Å². The lowest BCUT2D eigenvalue weighted by Crippen LogP contribution is -2.20. The van der Waals surface area contributed by atoms with Crippen LogP contribution in [-0.2, 0) is 0 Å². The summed E-state index contributed by atoms with van der Waals surface area (Å²) in [5.74, 6) is 0. The van der Waals surface area contributed by atoms with Crippen molar-refractivity contribution >= 4 is 0 Å². The lowest BCUT2D eigenvalue weighted by molar-refractivity contribution is 0.368. The van der Waals surface area contributed by atoms with E-state index in [1.165, 1.54) is 6.42 Å². The van der Waals surface area contributed by atoms with E-state index in [1.807, 2.05) is 0 Å². The van der Waals surface area contributed by atoms with Gasteiger partial charge in [-0.05, 0) is 19.7 Å². The quantitative estimate of drug-likeness (QED) is 0.433. The highest BCUT2D eigenvalue weighted by molar-refractivity contribution is 5.09. The van der Waals surface area contributed by atoms with Crippen LogP contribution in [0.3, 0.4) is 0 Å². The van der Waals surface area contributed by atoms with Gasteiger partial charge in [0.1, 0.15) is 0 Å². The summed E-state index contributed by atoms with van der Waals surface area (Å²) in [7, 11) is 4.32. The molecular formula is C7H12N2. The molecule has 2 heterocycles. The van der Waals surface area contributed by atoms with Crippen LogP contribution in [-0.4, -0.2) is 36.1 Å². The lowest BCUT2D eigenvalue weighted by atomic mass is 10.2. The molecule has 0 radical (unpaired) electrons. The molecule has 9 heavy (non-hydrogen) atoms. The second-order valence-corrected chi connectivity index (χ2v) is 2.93. The molecule has 2 heteroatoms. The lowest BCUT2D eigenvalue weighted by Gasteiger charge is -2.14. The van der Waals surface area contributed by atoms with Gasteiger partial charge >= 0.3 is 0 Å². The van der Waals surface area contributed by atoms with Crippen molar-refractivity contribution in [2.45, 2.75) is 18.6 Å². The molecule has 0 bridgehead atoms. The highest BCUT2D eigenvalue weighted by Crippen LogP contribution is 2.34. The molecule has 0 aromatic carbocycles. The molecule has 2 aliphatic heterocycles. The van der Waals surface area contributed by atoms with Gasteiger partial charge in [-0.3, -0.25) is 4.90 Å². The average Bonchev–Trinajstić information content (AvgIpc) is 2.45. The van der Waals surface area contributed by atoms with Crippen LogP contribution < -0.4 is 0 Å². The van der Waals surface area contributed by atoms with Gasteiger partial charge in [-0.25, -0.2) is 0 Å².